The summed E-state index contributed by atoms with van der Waals surface area (Å²) >= 11 is 0. The molecule has 3 unspecified atom stereocenters. The van der Waals surface area contributed by atoms with Gasteiger partial charge in [-0.25, -0.2) is 0 Å². The van der Waals surface area contributed by atoms with Crippen LogP contribution in [-0.2, 0) is 14.2 Å². The summed E-state index contributed by atoms with van der Waals surface area (Å²) in [5.74, 6) is 0.382. The summed E-state index contributed by atoms with van der Waals surface area (Å²) in [6, 6.07) is 0. The van der Waals surface area contributed by atoms with Gasteiger partial charge in [-0.05, 0) is 19.3 Å². The lowest BCUT2D eigenvalue weighted by atomic mass is 10.0. The van der Waals surface area contributed by atoms with Crippen LogP contribution in [0.15, 0.2) is 0 Å². The monoisotopic (exact) mass is 202 g/mol. The smallest absolute Gasteiger partial charge is 0.163 e. The Labute approximate surface area is 84.1 Å². The lowest BCUT2D eigenvalue weighted by Gasteiger charge is -2.26. The molecule has 2 rings (SSSR count). The van der Waals surface area contributed by atoms with Crippen molar-refractivity contribution in [2.75, 3.05) is 26.4 Å². The van der Waals surface area contributed by atoms with E-state index in [1.165, 1.54) is 0 Å². The van der Waals surface area contributed by atoms with Crippen LogP contribution in [-0.4, -0.2) is 43.9 Å². The third kappa shape index (κ3) is 2.45. The first-order chi connectivity index (χ1) is 6.90. The van der Waals surface area contributed by atoms with E-state index in [1.54, 1.807) is 0 Å². The lowest BCUT2D eigenvalue weighted by molar-refractivity contribution is -0.130. The molecule has 2 fully saturated rings. The van der Waals surface area contributed by atoms with Crippen LogP contribution in [0.3, 0.4) is 0 Å². The summed E-state index contributed by atoms with van der Waals surface area (Å²) in [5.41, 5.74) is 0. The van der Waals surface area contributed by atoms with E-state index < -0.39 is 0 Å². The van der Waals surface area contributed by atoms with Crippen molar-refractivity contribution in [3.8, 4) is 0 Å². The summed E-state index contributed by atoms with van der Waals surface area (Å²) in [6.45, 7) is 2.39. The molecule has 0 bridgehead atoms. The van der Waals surface area contributed by atoms with E-state index in [1.807, 2.05) is 0 Å². The van der Waals surface area contributed by atoms with E-state index in [0.29, 0.717) is 18.9 Å². The Hall–Kier alpha value is -0.160. The summed E-state index contributed by atoms with van der Waals surface area (Å²) < 4.78 is 16.6. The molecular weight excluding hydrogens is 184 g/mol. The molecule has 14 heavy (non-hydrogen) atoms. The standard InChI is InChI=1S/C10H18O4/c11-4-3-9-7-13-10(14-9)8-2-1-5-12-6-8/h8-11H,1-7H2. The summed E-state index contributed by atoms with van der Waals surface area (Å²) in [5, 5.41) is 8.76. The molecule has 0 radical (unpaired) electrons. The van der Waals surface area contributed by atoms with Gasteiger partial charge in [-0.2, -0.15) is 0 Å². The molecule has 2 aliphatic heterocycles. The molecule has 0 aromatic carbocycles. The topological polar surface area (TPSA) is 47.9 Å². The number of hydrogen-bond donors (Lipinski definition) is 1. The number of hydrogen-bond acceptors (Lipinski definition) is 4. The highest BCUT2D eigenvalue weighted by atomic mass is 16.7. The molecule has 0 saturated carbocycles. The molecule has 4 nitrogen and oxygen atoms in total. The van der Waals surface area contributed by atoms with Gasteiger partial charge in [-0.15, -0.1) is 0 Å². The van der Waals surface area contributed by atoms with Crippen LogP contribution in [0, 0.1) is 5.92 Å². The SMILES string of the molecule is OCCC1COC(C2CCCOC2)O1. The van der Waals surface area contributed by atoms with Gasteiger partial charge >= 0.3 is 0 Å². The van der Waals surface area contributed by atoms with E-state index in [0.717, 1.165) is 26.1 Å². The van der Waals surface area contributed by atoms with E-state index in [2.05, 4.69) is 0 Å². The van der Waals surface area contributed by atoms with Crippen molar-refractivity contribution in [1.82, 2.24) is 0 Å². The second-order valence-electron chi connectivity index (χ2n) is 3.95. The fraction of sp³-hybridized carbons (Fsp3) is 1.00. The van der Waals surface area contributed by atoms with Gasteiger partial charge in [0.2, 0.25) is 0 Å². The van der Waals surface area contributed by atoms with Crippen molar-refractivity contribution in [3.63, 3.8) is 0 Å². The zero-order valence-corrected chi connectivity index (χ0v) is 8.35. The van der Waals surface area contributed by atoms with Crippen molar-refractivity contribution in [2.24, 2.45) is 5.92 Å². The van der Waals surface area contributed by atoms with Crippen LogP contribution in [0.5, 0.6) is 0 Å². The molecule has 0 aliphatic carbocycles. The minimum absolute atomic E-state index is 0.0759. The van der Waals surface area contributed by atoms with Gasteiger partial charge in [0.1, 0.15) is 0 Å². The van der Waals surface area contributed by atoms with E-state index >= 15 is 0 Å². The van der Waals surface area contributed by atoms with Crippen LogP contribution in [0.4, 0.5) is 0 Å². The van der Waals surface area contributed by atoms with Crippen LogP contribution < -0.4 is 0 Å². The second kappa shape index (κ2) is 5.07. The van der Waals surface area contributed by atoms with Crippen LogP contribution in [0.25, 0.3) is 0 Å². The van der Waals surface area contributed by atoms with Gasteiger partial charge in [0, 0.05) is 19.1 Å². The Morgan fingerprint density at radius 3 is 2.93 bits per heavy atom. The maximum Gasteiger partial charge on any atom is 0.163 e. The lowest BCUT2D eigenvalue weighted by Crippen LogP contribution is -2.30. The zero-order valence-electron chi connectivity index (χ0n) is 8.35. The highest BCUT2D eigenvalue weighted by Gasteiger charge is 2.33. The van der Waals surface area contributed by atoms with Crippen LogP contribution >= 0.6 is 0 Å². The minimum atomic E-state index is -0.105. The van der Waals surface area contributed by atoms with Crippen molar-refractivity contribution in [2.45, 2.75) is 31.7 Å². The summed E-state index contributed by atoms with van der Waals surface area (Å²) in [4.78, 5) is 0. The molecule has 2 aliphatic rings. The first kappa shape index (κ1) is 10.4. The average molecular weight is 202 g/mol. The quantitative estimate of drug-likeness (QED) is 0.725. The first-order valence-corrected chi connectivity index (χ1v) is 5.36. The molecule has 4 heteroatoms. The predicted molar refractivity (Wildman–Crippen MR) is 49.9 cm³/mol. The molecule has 2 heterocycles. The molecule has 0 aromatic rings. The Balaban J connectivity index is 1.76. The number of aliphatic hydroxyl groups is 1. The molecule has 0 amide bonds. The van der Waals surface area contributed by atoms with Gasteiger partial charge in [-0.1, -0.05) is 0 Å². The number of ether oxygens (including phenoxy) is 3. The highest BCUT2D eigenvalue weighted by Crippen LogP contribution is 2.26. The van der Waals surface area contributed by atoms with Gasteiger partial charge < -0.3 is 19.3 Å². The van der Waals surface area contributed by atoms with Crippen LogP contribution in [0.1, 0.15) is 19.3 Å². The van der Waals surface area contributed by atoms with Crippen molar-refractivity contribution in [1.29, 1.82) is 0 Å². The molecule has 0 spiro atoms. The minimum Gasteiger partial charge on any atom is -0.396 e. The Morgan fingerprint density at radius 1 is 1.29 bits per heavy atom. The average Bonchev–Trinajstić information content (AvgIpc) is 2.68. The van der Waals surface area contributed by atoms with Gasteiger partial charge in [0.05, 0.1) is 19.3 Å². The van der Waals surface area contributed by atoms with Gasteiger partial charge in [-0.3, -0.25) is 0 Å². The van der Waals surface area contributed by atoms with Crippen molar-refractivity contribution >= 4 is 0 Å². The number of aliphatic hydroxyl groups excluding tert-OH is 1. The normalized spacial score (nSPS) is 38.8. The molecule has 0 aromatic heterocycles. The fourth-order valence-corrected chi connectivity index (χ4v) is 1.99. The van der Waals surface area contributed by atoms with Gasteiger partial charge in [0.15, 0.2) is 6.29 Å². The van der Waals surface area contributed by atoms with E-state index in [9.17, 15) is 0 Å². The van der Waals surface area contributed by atoms with Crippen LogP contribution in [0.2, 0.25) is 0 Å². The Kier molecular flexibility index (Phi) is 3.75. The maximum absolute atomic E-state index is 8.76. The first-order valence-electron chi connectivity index (χ1n) is 5.36. The zero-order chi connectivity index (χ0) is 9.80. The summed E-state index contributed by atoms with van der Waals surface area (Å²) in [7, 11) is 0. The maximum atomic E-state index is 8.76. The molecule has 2 saturated heterocycles. The molecule has 1 N–H and O–H groups in total. The fourth-order valence-electron chi connectivity index (χ4n) is 1.99. The molecular formula is C10H18O4. The van der Waals surface area contributed by atoms with Gasteiger partial charge in [0.25, 0.3) is 0 Å². The third-order valence-corrected chi connectivity index (χ3v) is 2.80. The number of rotatable bonds is 3. The van der Waals surface area contributed by atoms with Crippen molar-refractivity contribution < 1.29 is 19.3 Å². The Morgan fingerprint density at radius 2 is 2.21 bits per heavy atom. The summed E-state index contributed by atoms with van der Waals surface area (Å²) in [6.07, 6.45) is 2.86. The van der Waals surface area contributed by atoms with E-state index in [-0.39, 0.29) is 19.0 Å². The molecule has 3 atom stereocenters. The Bertz CT molecular complexity index is 168. The van der Waals surface area contributed by atoms with Crippen molar-refractivity contribution in [3.05, 3.63) is 0 Å². The second-order valence-corrected chi connectivity index (χ2v) is 3.95. The molecule has 82 valence electrons. The largest absolute Gasteiger partial charge is 0.396 e. The van der Waals surface area contributed by atoms with E-state index in [4.69, 9.17) is 19.3 Å². The third-order valence-electron chi connectivity index (χ3n) is 2.80. The highest BCUT2D eigenvalue weighted by molar-refractivity contribution is 4.73. The predicted octanol–water partition coefficient (Wildman–Crippen LogP) is 0.537.